The average molecular weight is 382 g/mol. The number of halogens is 1. The van der Waals surface area contributed by atoms with Crippen molar-refractivity contribution >= 4 is 10.0 Å². The van der Waals surface area contributed by atoms with Crippen LogP contribution in [0.25, 0.3) is 0 Å². The molecule has 0 bridgehead atoms. The van der Waals surface area contributed by atoms with Crippen molar-refractivity contribution in [3.63, 3.8) is 0 Å². The summed E-state index contributed by atoms with van der Waals surface area (Å²) in [4.78, 5) is 12.1. The van der Waals surface area contributed by atoms with Crippen molar-refractivity contribution in [2.24, 2.45) is 0 Å². The minimum Gasteiger partial charge on any atom is -0.494 e. The lowest BCUT2D eigenvalue weighted by molar-refractivity contribution is 0.0730. The number of ether oxygens (including phenoxy) is 2. The number of methoxy groups -OCH3 is 1. The first-order valence-corrected chi connectivity index (χ1v) is 9.46. The summed E-state index contributed by atoms with van der Waals surface area (Å²) in [5.41, 5.74) is 0.147. The van der Waals surface area contributed by atoms with E-state index in [1.165, 1.54) is 46.4 Å². The normalized spacial score (nSPS) is 15.8. The summed E-state index contributed by atoms with van der Waals surface area (Å²) >= 11 is 0. The first kappa shape index (κ1) is 18.6. The van der Waals surface area contributed by atoms with Gasteiger partial charge in [0.1, 0.15) is 0 Å². The van der Waals surface area contributed by atoms with Crippen LogP contribution in [0.2, 0.25) is 0 Å². The molecule has 26 heavy (non-hydrogen) atoms. The Kier molecular flexibility index (Phi) is 5.40. The SMILES string of the molecule is COc1ccc(Cn2cc(S(=O)(=O)N3CCOCC3)ccc2=O)cc1F. The van der Waals surface area contributed by atoms with E-state index in [1.54, 1.807) is 6.07 Å². The maximum atomic E-state index is 13.8. The van der Waals surface area contributed by atoms with Crippen molar-refractivity contribution in [2.75, 3.05) is 33.4 Å². The Morgan fingerprint density at radius 1 is 1.19 bits per heavy atom. The van der Waals surface area contributed by atoms with Crippen molar-refractivity contribution in [2.45, 2.75) is 11.4 Å². The Morgan fingerprint density at radius 3 is 2.58 bits per heavy atom. The Bertz CT molecular complexity index is 952. The molecule has 0 spiro atoms. The maximum absolute atomic E-state index is 13.8. The van der Waals surface area contributed by atoms with Gasteiger partial charge in [-0.05, 0) is 23.8 Å². The number of hydrogen-bond acceptors (Lipinski definition) is 5. The summed E-state index contributed by atoms with van der Waals surface area (Å²) < 4.78 is 51.9. The lowest BCUT2D eigenvalue weighted by Gasteiger charge is -2.26. The van der Waals surface area contributed by atoms with Gasteiger partial charge in [-0.15, -0.1) is 0 Å². The highest BCUT2D eigenvalue weighted by molar-refractivity contribution is 7.89. The molecule has 9 heteroatoms. The average Bonchev–Trinajstić information content (AvgIpc) is 2.64. The number of nitrogens with zero attached hydrogens (tertiary/aromatic N) is 2. The molecule has 1 aliphatic heterocycles. The van der Waals surface area contributed by atoms with Crippen LogP contribution in [-0.4, -0.2) is 50.7 Å². The fraction of sp³-hybridized carbons (Fsp3) is 0.353. The van der Waals surface area contributed by atoms with Gasteiger partial charge < -0.3 is 14.0 Å². The summed E-state index contributed by atoms with van der Waals surface area (Å²) in [6, 6.07) is 6.83. The molecule has 7 nitrogen and oxygen atoms in total. The van der Waals surface area contributed by atoms with Crippen LogP contribution in [0, 0.1) is 5.82 Å². The second-order valence-corrected chi connectivity index (χ2v) is 7.75. The monoisotopic (exact) mass is 382 g/mol. The van der Waals surface area contributed by atoms with E-state index in [2.05, 4.69) is 0 Å². The second-order valence-electron chi connectivity index (χ2n) is 5.82. The molecule has 140 valence electrons. The number of rotatable bonds is 5. The van der Waals surface area contributed by atoms with Gasteiger partial charge in [-0.2, -0.15) is 4.31 Å². The van der Waals surface area contributed by atoms with Crippen molar-refractivity contribution < 1.29 is 22.3 Å². The molecular weight excluding hydrogens is 363 g/mol. The summed E-state index contributed by atoms with van der Waals surface area (Å²) in [6.07, 6.45) is 1.29. The van der Waals surface area contributed by atoms with Gasteiger partial charge in [-0.25, -0.2) is 12.8 Å². The van der Waals surface area contributed by atoms with E-state index in [4.69, 9.17) is 9.47 Å². The van der Waals surface area contributed by atoms with E-state index in [1.807, 2.05) is 0 Å². The minimum atomic E-state index is -3.71. The summed E-state index contributed by atoms with van der Waals surface area (Å²) in [7, 11) is -2.35. The van der Waals surface area contributed by atoms with Crippen LogP contribution < -0.4 is 10.3 Å². The quantitative estimate of drug-likeness (QED) is 0.773. The molecule has 0 aliphatic carbocycles. The number of hydrogen-bond donors (Lipinski definition) is 0. The van der Waals surface area contributed by atoms with Crippen LogP contribution >= 0.6 is 0 Å². The zero-order chi connectivity index (χ0) is 18.7. The largest absolute Gasteiger partial charge is 0.494 e. The predicted molar refractivity (Wildman–Crippen MR) is 92.3 cm³/mol. The van der Waals surface area contributed by atoms with Gasteiger partial charge in [-0.3, -0.25) is 4.79 Å². The van der Waals surface area contributed by atoms with E-state index in [0.717, 1.165) is 0 Å². The summed E-state index contributed by atoms with van der Waals surface area (Å²) in [6.45, 7) is 1.26. The van der Waals surface area contributed by atoms with Gasteiger partial charge in [0.05, 0.1) is 31.8 Å². The molecule has 0 unspecified atom stereocenters. The zero-order valence-corrected chi connectivity index (χ0v) is 15.0. The molecule has 0 amide bonds. The number of benzene rings is 1. The van der Waals surface area contributed by atoms with Crippen LogP contribution in [-0.2, 0) is 21.3 Å². The van der Waals surface area contributed by atoms with Gasteiger partial charge in [-0.1, -0.05) is 6.07 Å². The Balaban J connectivity index is 1.90. The van der Waals surface area contributed by atoms with Gasteiger partial charge >= 0.3 is 0 Å². The standard InChI is InChI=1S/C17H19FN2O5S/c1-24-16-4-2-13(10-15(16)18)11-19-12-14(3-5-17(19)21)26(22,23)20-6-8-25-9-7-20/h2-5,10,12H,6-9,11H2,1H3. The van der Waals surface area contributed by atoms with Gasteiger partial charge in [0.25, 0.3) is 5.56 Å². The van der Waals surface area contributed by atoms with E-state index in [9.17, 15) is 17.6 Å². The highest BCUT2D eigenvalue weighted by Crippen LogP contribution is 2.19. The van der Waals surface area contributed by atoms with Gasteiger partial charge in [0.15, 0.2) is 11.6 Å². The van der Waals surface area contributed by atoms with Crippen LogP contribution in [0.15, 0.2) is 46.2 Å². The fourth-order valence-corrected chi connectivity index (χ4v) is 4.15. The first-order valence-electron chi connectivity index (χ1n) is 8.02. The molecule has 1 saturated heterocycles. The Morgan fingerprint density at radius 2 is 1.92 bits per heavy atom. The van der Waals surface area contributed by atoms with E-state index in [0.29, 0.717) is 18.8 Å². The number of morpholine rings is 1. The topological polar surface area (TPSA) is 77.8 Å². The lowest BCUT2D eigenvalue weighted by Crippen LogP contribution is -2.41. The predicted octanol–water partition coefficient (Wildman–Crippen LogP) is 1.07. The molecule has 2 heterocycles. The Labute approximate surface area is 150 Å². The molecule has 1 fully saturated rings. The third kappa shape index (κ3) is 3.79. The highest BCUT2D eigenvalue weighted by Gasteiger charge is 2.26. The van der Waals surface area contributed by atoms with Crippen molar-refractivity contribution in [3.05, 3.63) is 58.3 Å². The van der Waals surface area contributed by atoms with Crippen molar-refractivity contribution in [1.29, 1.82) is 0 Å². The molecule has 3 rings (SSSR count). The molecule has 2 aromatic rings. The number of sulfonamides is 1. The van der Waals surface area contributed by atoms with Crippen molar-refractivity contribution in [1.82, 2.24) is 8.87 Å². The third-order valence-electron chi connectivity index (χ3n) is 4.13. The van der Waals surface area contributed by atoms with Crippen LogP contribution in [0.5, 0.6) is 5.75 Å². The molecule has 0 atom stereocenters. The van der Waals surface area contributed by atoms with E-state index < -0.39 is 15.8 Å². The lowest BCUT2D eigenvalue weighted by atomic mass is 10.2. The molecule has 0 N–H and O–H groups in total. The second kappa shape index (κ2) is 7.56. The van der Waals surface area contributed by atoms with Crippen LogP contribution in [0.3, 0.4) is 0 Å². The van der Waals surface area contributed by atoms with E-state index >= 15 is 0 Å². The number of aromatic nitrogens is 1. The smallest absolute Gasteiger partial charge is 0.250 e. The fourth-order valence-electron chi connectivity index (χ4n) is 2.73. The molecule has 1 aromatic heterocycles. The molecule has 0 radical (unpaired) electrons. The van der Waals surface area contributed by atoms with Crippen molar-refractivity contribution in [3.8, 4) is 5.75 Å². The maximum Gasteiger partial charge on any atom is 0.250 e. The number of pyridine rings is 1. The van der Waals surface area contributed by atoms with Crippen LogP contribution in [0.1, 0.15) is 5.56 Å². The molecular formula is C17H19FN2O5S. The third-order valence-corrected chi connectivity index (χ3v) is 6.02. The first-order chi connectivity index (χ1) is 12.4. The molecule has 0 saturated carbocycles. The van der Waals surface area contributed by atoms with Crippen LogP contribution in [0.4, 0.5) is 4.39 Å². The van der Waals surface area contributed by atoms with E-state index in [-0.39, 0.29) is 35.8 Å². The zero-order valence-electron chi connectivity index (χ0n) is 14.2. The summed E-state index contributed by atoms with van der Waals surface area (Å²) in [5, 5.41) is 0. The molecule has 1 aromatic carbocycles. The molecule has 1 aliphatic rings. The highest BCUT2D eigenvalue weighted by atomic mass is 32.2. The Hall–Kier alpha value is -2.23. The van der Waals surface area contributed by atoms with Gasteiger partial charge in [0.2, 0.25) is 10.0 Å². The minimum absolute atomic E-state index is 0.0213. The summed E-state index contributed by atoms with van der Waals surface area (Å²) in [5.74, 6) is -0.445. The van der Waals surface area contributed by atoms with Gasteiger partial charge in [0, 0.05) is 25.4 Å².